The molecule has 0 aromatic heterocycles. The van der Waals surface area contributed by atoms with Gasteiger partial charge in [-0.25, -0.2) is 4.67 Å². The number of halogens is 1. The molecule has 2 aliphatic heterocycles. The third-order valence-corrected chi connectivity index (χ3v) is 8.04. The summed E-state index contributed by atoms with van der Waals surface area (Å²) in [6, 6.07) is 11.4. The molecule has 2 saturated heterocycles. The van der Waals surface area contributed by atoms with Crippen molar-refractivity contribution >= 4 is 25.7 Å². The van der Waals surface area contributed by atoms with Crippen LogP contribution in [-0.4, -0.2) is 35.3 Å². The average molecular weight is 353 g/mol. The lowest BCUT2D eigenvalue weighted by Crippen LogP contribution is -2.27. The maximum atomic E-state index is 6.71. The predicted molar refractivity (Wildman–Crippen MR) is 98.0 cm³/mol. The van der Waals surface area contributed by atoms with Gasteiger partial charge in [-0.3, -0.25) is 0 Å². The maximum Gasteiger partial charge on any atom is 0.218 e. The van der Waals surface area contributed by atoms with Crippen molar-refractivity contribution in [2.24, 2.45) is 0 Å². The molecule has 1 aromatic carbocycles. The van der Waals surface area contributed by atoms with E-state index >= 15 is 0 Å². The zero-order valence-corrected chi connectivity index (χ0v) is 15.3. The highest BCUT2D eigenvalue weighted by atomic mass is 35.5. The van der Waals surface area contributed by atoms with Crippen molar-refractivity contribution in [3.05, 3.63) is 30.3 Å². The monoisotopic (exact) mass is 352 g/mol. The van der Waals surface area contributed by atoms with Crippen LogP contribution in [0.1, 0.15) is 44.9 Å². The Labute approximate surface area is 145 Å². The van der Waals surface area contributed by atoms with Crippen LogP contribution >= 0.6 is 20.1 Å². The molecule has 0 radical (unpaired) electrons. The topological polar surface area (TPSA) is 15.7 Å². The van der Waals surface area contributed by atoms with Crippen molar-refractivity contribution in [1.82, 2.24) is 4.67 Å². The van der Waals surface area contributed by atoms with E-state index in [2.05, 4.69) is 39.7 Å². The molecule has 1 aliphatic carbocycles. The van der Waals surface area contributed by atoms with Gasteiger partial charge in [0, 0.05) is 24.8 Å². The second-order valence-electron chi connectivity index (χ2n) is 6.93. The fourth-order valence-corrected chi connectivity index (χ4v) is 6.88. The lowest BCUT2D eigenvalue weighted by molar-refractivity contribution is 0.194. The second-order valence-corrected chi connectivity index (χ2v) is 9.20. The van der Waals surface area contributed by atoms with E-state index < -0.39 is 8.45 Å². The minimum absolute atomic E-state index is 0.180. The first-order valence-electron chi connectivity index (χ1n) is 9.03. The molecule has 0 N–H and O–H groups in total. The van der Waals surface area contributed by atoms with Crippen LogP contribution in [-0.2, 0) is 4.52 Å². The molecule has 1 saturated carbocycles. The predicted octanol–water partition coefficient (Wildman–Crippen LogP) is 5.15. The van der Waals surface area contributed by atoms with Crippen LogP contribution in [0, 0.1) is 0 Å². The van der Waals surface area contributed by atoms with Gasteiger partial charge in [0.15, 0.2) is 0 Å². The van der Waals surface area contributed by atoms with E-state index in [4.69, 9.17) is 16.1 Å². The highest BCUT2D eigenvalue weighted by Crippen LogP contribution is 2.58. The van der Waals surface area contributed by atoms with Crippen LogP contribution in [0.4, 0.5) is 5.69 Å². The summed E-state index contributed by atoms with van der Waals surface area (Å²) in [6.45, 7) is 2.29. The molecule has 5 heteroatoms. The number of fused-ring (bicyclic) bond motifs is 1. The van der Waals surface area contributed by atoms with Crippen LogP contribution in [0.3, 0.4) is 0 Å². The Bertz CT molecular complexity index is 517. The van der Waals surface area contributed by atoms with Crippen molar-refractivity contribution in [3.63, 3.8) is 0 Å². The fraction of sp³-hybridized carbons (Fsp3) is 0.667. The van der Waals surface area contributed by atoms with Gasteiger partial charge in [-0.1, -0.05) is 37.5 Å². The van der Waals surface area contributed by atoms with Gasteiger partial charge in [-0.15, -0.1) is 11.6 Å². The largest absolute Gasteiger partial charge is 0.322 e. The van der Waals surface area contributed by atoms with Gasteiger partial charge in [-0.05, 0) is 37.8 Å². The molecule has 4 atom stereocenters. The second kappa shape index (κ2) is 7.27. The van der Waals surface area contributed by atoms with Crippen molar-refractivity contribution < 1.29 is 4.52 Å². The molecular formula is C18H26ClN2OP. The quantitative estimate of drug-likeness (QED) is 0.425. The highest BCUT2D eigenvalue weighted by Gasteiger charge is 2.45. The third kappa shape index (κ3) is 3.39. The van der Waals surface area contributed by atoms with Gasteiger partial charge < -0.3 is 9.19 Å². The summed E-state index contributed by atoms with van der Waals surface area (Å²) >= 11 is 6.65. The van der Waals surface area contributed by atoms with Gasteiger partial charge >= 0.3 is 0 Å². The Morgan fingerprint density at radius 3 is 2.70 bits per heavy atom. The van der Waals surface area contributed by atoms with Crippen molar-refractivity contribution in [2.45, 2.75) is 62.5 Å². The number of anilines is 1. The van der Waals surface area contributed by atoms with Gasteiger partial charge in [0.25, 0.3) is 0 Å². The van der Waals surface area contributed by atoms with Gasteiger partial charge in [-0.2, -0.15) is 0 Å². The summed E-state index contributed by atoms with van der Waals surface area (Å²) in [4.78, 5) is 0. The highest BCUT2D eigenvalue weighted by molar-refractivity contribution is 7.52. The normalized spacial score (nSPS) is 35.3. The first kappa shape index (κ1) is 16.1. The number of rotatable bonds is 3. The minimum atomic E-state index is -0.704. The van der Waals surface area contributed by atoms with Crippen molar-refractivity contribution in [1.29, 1.82) is 0 Å². The molecule has 126 valence electrons. The number of benzene rings is 1. The van der Waals surface area contributed by atoms with E-state index in [-0.39, 0.29) is 11.5 Å². The summed E-state index contributed by atoms with van der Waals surface area (Å²) in [7, 11) is -0.704. The van der Waals surface area contributed by atoms with E-state index in [0.29, 0.717) is 6.04 Å². The third-order valence-electron chi connectivity index (χ3n) is 5.31. The van der Waals surface area contributed by atoms with E-state index in [0.717, 1.165) is 19.4 Å². The molecule has 0 spiro atoms. The average Bonchev–Trinajstić information content (AvgIpc) is 3.10. The van der Waals surface area contributed by atoms with Gasteiger partial charge in [0.1, 0.15) is 0 Å². The number of hydrogen-bond donors (Lipinski definition) is 0. The number of nitrogens with zero attached hydrogens (tertiary/aromatic N) is 2. The Kier molecular flexibility index (Phi) is 5.10. The van der Waals surface area contributed by atoms with E-state index in [1.807, 2.05) is 0 Å². The summed E-state index contributed by atoms with van der Waals surface area (Å²) < 4.78 is 11.8. The molecule has 1 aromatic rings. The van der Waals surface area contributed by atoms with E-state index in [1.165, 1.54) is 44.3 Å². The van der Waals surface area contributed by atoms with Crippen LogP contribution in [0.5, 0.6) is 0 Å². The smallest absolute Gasteiger partial charge is 0.218 e. The van der Waals surface area contributed by atoms with Crippen LogP contribution < -0.4 is 4.67 Å². The first-order valence-corrected chi connectivity index (χ1v) is 10.6. The maximum absolute atomic E-state index is 6.71. The number of alkyl halides is 1. The molecular weight excluding hydrogens is 327 g/mol. The zero-order chi connectivity index (χ0) is 15.6. The van der Waals surface area contributed by atoms with Gasteiger partial charge in [0.2, 0.25) is 8.45 Å². The number of hydrogen-bond acceptors (Lipinski definition) is 3. The minimum Gasteiger partial charge on any atom is -0.322 e. The molecule has 3 nitrogen and oxygen atoms in total. The molecule has 23 heavy (non-hydrogen) atoms. The lowest BCUT2D eigenvalue weighted by Gasteiger charge is -2.33. The van der Waals surface area contributed by atoms with E-state index in [1.54, 1.807) is 0 Å². The Morgan fingerprint density at radius 1 is 1.00 bits per heavy atom. The summed E-state index contributed by atoms with van der Waals surface area (Å²) in [5, 5.41) is 0.180. The van der Waals surface area contributed by atoms with Crippen LogP contribution in [0.25, 0.3) is 0 Å². The van der Waals surface area contributed by atoms with Crippen molar-refractivity contribution in [3.8, 4) is 0 Å². The molecule has 0 amide bonds. The Morgan fingerprint density at radius 2 is 1.83 bits per heavy atom. The van der Waals surface area contributed by atoms with Crippen LogP contribution in [0.2, 0.25) is 0 Å². The van der Waals surface area contributed by atoms with Gasteiger partial charge in [0.05, 0.1) is 11.5 Å². The van der Waals surface area contributed by atoms with Crippen LogP contribution in [0.15, 0.2) is 30.3 Å². The molecule has 2 heterocycles. The standard InChI is InChI=1S/C18H26ClN2OP/c19-17-11-5-2-6-12-18(17)22-23-20-13-7-10-16(20)14-21(23)15-8-3-1-4-9-15/h1,3-4,8-9,16-18H,2,5-7,10-14H2/t16-,17-,18-,23?/m0/s1. The molecule has 1 unspecified atom stereocenters. The van der Waals surface area contributed by atoms with Crippen molar-refractivity contribution in [2.75, 3.05) is 17.8 Å². The summed E-state index contributed by atoms with van der Waals surface area (Å²) in [6.07, 6.45) is 8.86. The molecule has 3 fully saturated rings. The molecule has 3 aliphatic rings. The zero-order valence-electron chi connectivity index (χ0n) is 13.6. The fourth-order valence-electron chi connectivity index (χ4n) is 4.03. The first-order chi connectivity index (χ1) is 11.3. The summed E-state index contributed by atoms with van der Waals surface area (Å²) in [5.74, 6) is 0. The SMILES string of the molecule is Cl[C@H]1CCCCC[C@@H]1OP1N(c2ccccc2)C[C@@H]2CCCN21. The number of para-hydroxylation sites is 1. The lowest BCUT2D eigenvalue weighted by atomic mass is 10.1. The Hall–Kier alpha value is -0.340. The molecule has 0 bridgehead atoms. The molecule has 4 rings (SSSR count). The van der Waals surface area contributed by atoms with E-state index in [9.17, 15) is 0 Å². The summed E-state index contributed by atoms with van der Waals surface area (Å²) in [5.41, 5.74) is 1.30. The Balaban J connectivity index is 1.54.